The molecule has 2 nitrogen and oxygen atoms in total. The summed E-state index contributed by atoms with van der Waals surface area (Å²) in [6.45, 7) is 2.23. The molecule has 1 heterocycles. The number of hydrogen-bond acceptors (Lipinski definition) is 3. The number of thiazole rings is 1. The molecule has 0 aromatic carbocycles. The molecule has 1 saturated carbocycles. The van der Waals surface area contributed by atoms with Crippen LogP contribution in [0.15, 0.2) is 9.98 Å². The first-order valence-electron chi connectivity index (χ1n) is 5.98. The molecule has 0 atom stereocenters. The molecule has 0 radical (unpaired) electrons. The highest BCUT2D eigenvalue weighted by Crippen LogP contribution is 2.42. The Morgan fingerprint density at radius 3 is 2.75 bits per heavy atom. The Morgan fingerprint density at radius 1 is 1.56 bits per heavy atom. The van der Waals surface area contributed by atoms with Crippen LogP contribution in [-0.2, 0) is 5.60 Å². The van der Waals surface area contributed by atoms with E-state index in [1.54, 1.807) is 11.3 Å². The van der Waals surface area contributed by atoms with E-state index in [0.717, 1.165) is 41.2 Å². The minimum atomic E-state index is -0.652. The summed E-state index contributed by atoms with van der Waals surface area (Å²) >= 11 is 4.91. The van der Waals surface area contributed by atoms with E-state index in [1.807, 2.05) is 5.38 Å². The molecule has 1 aliphatic carbocycles. The topological polar surface area (TPSA) is 33.1 Å². The predicted octanol–water partition coefficient (Wildman–Crippen LogP) is 4.08. The lowest BCUT2D eigenvalue weighted by Crippen LogP contribution is -2.31. The van der Waals surface area contributed by atoms with Gasteiger partial charge >= 0.3 is 0 Å². The summed E-state index contributed by atoms with van der Waals surface area (Å²) in [7, 11) is 0. The first-order chi connectivity index (χ1) is 7.64. The van der Waals surface area contributed by atoms with Crippen LogP contribution in [0.1, 0.15) is 50.5 Å². The Bertz CT molecular complexity index is 345. The molecule has 0 amide bonds. The molecule has 0 saturated heterocycles. The maximum absolute atomic E-state index is 10.6. The molecule has 2 rings (SSSR count). The Hall–Kier alpha value is 0.0700. The molecule has 0 unspecified atom stereocenters. The van der Waals surface area contributed by atoms with Gasteiger partial charge in [-0.25, -0.2) is 4.98 Å². The van der Waals surface area contributed by atoms with Gasteiger partial charge in [-0.1, -0.05) is 19.8 Å². The average molecular weight is 304 g/mol. The van der Waals surface area contributed by atoms with Gasteiger partial charge in [0, 0.05) is 5.38 Å². The minimum absolute atomic E-state index is 0.652. The third-order valence-electron chi connectivity index (χ3n) is 3.50. The van der Waals surface area contributed by atoms with Gasteiger partial charge in [-0.3, -0.25) is 0 Å². The summed E-state index contributed by atoms with van der Waals surface area (Å²) in [6.07, 6.45) is 6.59. The number of aliphatic hydroxyl groups is 1. The number of hydrogen-bond donors (Lipinski definition) is 1. The lowest BCUT2D eigenvalue weighted by atomic mass is 9.77. The molecule has 90 valence electrons. The van der Waals surface area contributed by atoms with Crippen molar-refractivity contribution in [1.82, 2.24) is 4.98 Å². The standard InChI is InChI=1S/C12H18BrNOS/c1-2-3-9-4-6-12(15,7-5-9)11-14-10(13)8-16-11/h8-9,15H,2-7H2,1H3. The largest absolute Gasteiger partial charge is 0.383 e. The van der Waals surface area contributed by atoms with E-state index in [0.29, 0.717) is 0 Å². The van der Waals surface area contributed by atoms with Crippen LogP contribution in [0.2, 0.25) is 0 Å². The van der Waals surface area contributed by atoms with E-state index >= 15 is 0 Å². The summed E-state index contributed by atoms with van der Waals surface area (Å²) in [6, 6.07) is 0. The van der Waals surface area contributed by atoms with E-state index < -0.39 is 5.60 Å². The molecule has 1 N–H and O–H groups in total. The van der Waals surface area contributed by atoms with Gasteiger partial charge in [0.1, 0.15) is 15.2 Å². The Kier molecular flexibility index (Phi) is 4.03. The number of nitrogens with zero attached hydrogens (tertiary/aromatic N) is 1. The van der Waals surface area contributed by atoms with Crippen molar-refractivity contribution in [2.45, 2.75) is 51.0 Å². The Balaban J connectivity index is 2.01. The zero-order valence-electron chi connectivity index (χ0n) is 9.58. The van der Waals surface area contributed by atoms with Crippen molar-refractivity contribution >= 4 is 27.3 Å². The predicted molar refractivity (Wildman–Crippen MR) is 70.6 cm³/mol. The van der Waals surface area contributed by atoms with Crippen LogP contribution in [0.4, 0.5) is 0 Å². The fourth-order valence-corrected chi connectivity index (χ4v) is 3.95. The van der Waals surface area contributed by atoms with Gasteiger partial charge in [0.25, 0.3) is 0 Å². The molecule has 1 aliphatic rings. The highest BCUT2D eigenvalue weighted by atomic mass is 79.9. The SMILES string of the molecule is CCCC1CCC(O)(c2nc(Br)cs2)CC1. The lowest BCUT2D eigenvalue weighted by Gasteiger charge is -2.34. The van der Waals surface area contributed by atoms with Crippen LogP contribution in [0.5, 0.6) is 0 Å². The zero-order valence-corrected chi connectivity index (χ0v) is 12.0. The second-order valence-corrected chi connectivity index (χ2v) is 6.41. The third-order valence-corrected chi connectivity index (χ3v) is 5.25. The first-order valence-corrected chi connectivity index (χ1v) is 7.65. The molecule has 1 aromatic rings. The average Bonchev–Trinajstić information content (AvgIpc) is 2.70. The quantitative estimate of drug-likeness (QED) is 0.912. The van der Waals surface area contributed by atoms with E-state index in [-0.39, 0.29) is 0 Å². The summed E-state index contributed by atoms with van der Waals surface area (Å²) < 4.78 is 0.844. The number of rotatable bonds is 3. The van der Waals surface area contributed by atoms with E-state index in [1.165, 1.54) is 12.8 Å². The van der Waals surface area contributed by atoms with Gasteiger partial charge in [-0.2, -0.15) is 0 Å². The Labute approximate surface area is 109 Å². The molecule has 1 fully saturated rings. The Morgan fingerprint density at radius 2 is 2.25 bits per heavy atom. The van der Waals surface area contributed by atoms with Crippen molar-refractivity contribution in [2.75, 3.05) is 0 Å². The molecule has 0 bridgehead atoms. The van der Waals surface area contributed by atoms with Crippen molar-refractivity contribution in [3.05, 3.63) is 15.0 Å². The molecular weight excluding hydrogens is 286 g/mol. The van der Waals surface area contributed by atoms with E-state index in [4.69, 9.17) is 0 Å². The van der Waals surface area contributed by atoms with Crippen LogP contribution >= 0.6 is 27.3 Å². The summed E-state index contributed by atoms with van der Waals surface area (Å²) in [4.78, 5) is 4.36. The fraction of sp³-hybridized carbons (Fsp3) is 0.750. The molecule has 4 heteroatoms. The van der Waals surface area contributed by atoms with Crippen molar-refractivity contribution in [3.63, 3.8) is 0 Å². The minimum Gasteiger partial charge on any atom is -0.383 e. The highest BCUT2D eigenvalue weighted by Gasteiger charge is 2.36. The van der Waals surface area contributed by atoms with Gasteiger partial charge in [-0.15, -0.1) is 11.3 Å². The van der Waals surface area contributed by atoms with Gasteiger partial charge < -0.3 is 5.11 Å². The van der Waals surface area contributed by atoms with Crippen LogP contribution < -0.4 is 0 Å². The van der Waals surface area contributed by atoms with Crippen molar-refractivity contribution in [3.8, 4) is 0 Å². The monoisotopic (exact) mass is 303 g/mol. The number of aromatic nitrogens is 1. The molecular formula is C12H18BrNOS. The maximum atomic E-state index is 10.6. The second kappa shape index (κ2) is 5.15. The second-order valence-electron chi connectivity index (χ2n) is 4.74. The summed E-state index contributed by atoms with van der Waals surface area (Å²) in [5, 5.41) is 13.4. The smallest absolute Gasteiger partial charge is 0.126 e. The van der Waals surface area contributed by atoms with Crippen LogP contribution in [0.25, 0.3) is 0 Å². The zero-order chi connectivity index (χ0) is 11.6. The van der Waals surface area contributed by atoms with Gasteiger partial charge in [0.05, 0.1) is 0 Å². The van der Waals surface area contributed by atoms with Crippen LogP contribution in [0, 0.1) is 5.92 Å². The van der Waals surface area contributed by atoms with Gasteiger partial charge in [0.2, 0.25) is 0 Å². The summed E-state index contributed by atoms with van der Waals surface area (Å²) in [5.74, 6) is 0.814. The third kappa shape index (κ3) is 2.66. The van der Waals surface area contributed by atoms with Crippen LogP contribution in [0.3, 0.4) is 0 Å². The van der Waals surface area contributed by atoms with E-state index in [2.05, 4.69) is 27.8 Å². The lowest BCUT2D eigenvalue weighted by molar-refractivity contribution is -0.0154. The van der Waals surface area contributed by atoms with Gasteiger partial charge in [-0.05, 0) is 47.5 Å². The van der Waals surface area contributed by atoms with Crippen molar-refractivity contribution in [2.24, 2.45) is 5.92 Å². The van der Waals surface area contributed by atoms with E-state index in [9.17, 15) is 5.11 Å². The van der Waals surface area contributed by atoms with Crippen molar-refractivity contribution in [1.29, 1.82) is 0 Å². The number of halogens is 1. The normalized spacial score (nSPS) is 30.6. The van der Waals surface area contributed by atoms with Crippen LogP contribution in [-0.4, -0.2) is 10.1 Å². The molecule has 0 spiro atoms. The maximum Gasteiger partial charge on any atom is 0.126 e. The van der Waals surface area contributed by atoms with Crippen molar-refractivity contribution < 1.29 is 5.11 Å². The first kappa shape index (κ1) is 12.5. The fourth-order valence-electron chi connectivity index (χ4n) is 2.53. The summed E-state index contributed by atoms with van der Waals surface area (Å²) in [5.41, 5.74) is -0.652. The van der Waals surface area contributed by atoms with Gasteiger partial charge in [0.15, 0.2) is 0 Å². The molecule has 16 heavy (non-hydrogen) atoms. The molecule has 1 aromatic heterocycles. The molecule has 0 aliphatic heterocycles. The highest BCUT2D eigenvalue weighted by molar-refractivity contribution is 9.10.